The van der Waals surface area contributed by atoms with Crippen molar-refractivity contribution in [3.8, 4) is 0 Å². The highest BCUT2D eigenvalue weighted by molar-refractivity contribution is 5.83. The molecule has 100 valence electrons. The highest BCUT2D eigenvalue weighted by atomic mass is 16.5. The molecule has 0 spiro atoms. The van der Waals surface area contributed by atoms with E-state index in [9.17, 15) is 9.59 Å². The van der Waals surface area contributed by atoms with Gasteiger partial charge in [-0.3, -0.25) is 0 Å². The van der Waals surface area contributed by atoms with Gasteiger partial charge in [0.2, 0.25) is 0 Å². The lowest BCUT2D eigenvalue weighted by atomic mass is 9.87. The van der Waals surface area contributed by atoms with Crippen LogP contribution in [-0.2, 0) is 9.53 Å². The number of hydrogen-bond acceptors (Lipinski definition) is 3. The van der Waals surface area contributed by atoms with Crippen molar-refractivity contribution in [2.45, 2.75) is 33.2 Å². The number of hydrogen-bond donors (Lipinski definition) is 3. The molecule has 0 aromatic heterocycles. The maximum atomic E-state index is 11.4. The van der Waals surface area contributed by atoms with E-state index in [0.717, 1.165) is 0 Å². The van der Waals surface area contributed by atoms with E-state index in [2.05, 4.69) is 10.6 Å². The third-order valence-electron chi connectivity index (χ3n) is 2.20. The Bertz CT molecular complexity index is 261. The van der Waals surface area contributed by atoms with Crippen LogP contribution in [0.2, 0.25) is 0 Å². The Kier molecular flexibility index (Phi) is 6.57. The van der Waals surface area contributed by atoms with Crippen LogP contribution in [0.5, 0.6) is 0 Å². The molecule has 0 aromatic carbocycles. The fourth-order valence-electron chi connectivity index (χ4n) is 1.25. The maximum Gasteiger partial charge on any atom is 0.326 e. The fraction of sp³-hybridized carbons (Fsp3) is 0.818. The number of carbonyl (C=O) groups excluding carboxylic acids is 1. The molecule has 6 heteroatoms. The molecule has 2 amide bonds. The molecular weight excluding hydrogens is 224 g/mol. The normalized spacial score (nSPS) is 12.9. The number of carbonyl (C=O) groups is 2. The topological polar surface area (TPSA) is 87.7 Å². The van der Waals surface area contributed by atoms with Crippen LogP contribution in [0.25, 0.3) is 0 Å². The molecular formula is C11H22N2O4. The summed E-state index contributed by atoms with van der Waals surface area (Å²) in [7, 11) is 1.58. The van der Waals surface area contributed by atoms with Crippen molar-refractivity contribution >= 4 is 12.0 Å². The summed E-state index contributed by atoms with van der Waals surface area (Å²) in [6.07, 6.45) is 0.692. The maximum absolute atomic E-state index is 11.4. The van der Waals surface area contributed by atoms with Crippen molar-refractivity contribution in [3.63, 3.8) is 0 Å². The summed E-state index contributed by atoms with van der Waals surface area (Å²) in [6.45, 7) is 6.29. The molecule has 0 aromatic rings. The van der Waals surface area contributed by atoms with E-state index in [1.807, 2.05) is 0 Å². The Morgan fingerprint density at radius 1 is 1.35 bits per heavy atom. The molecule has 0 bridgehead atoms. The molecule has 1 atom stereocenters. The summed E-state index contributed by atoms with van der Waals surface area (Å²) < 4.78 is 4.83. The van der Waals surface area contributed by atoms with Crippen LogP contribution in [0.3, 0.4) is 0 Å². The highest BCUT2D eigenvalue weighted by Gasteiger charge is 2.32. The number of urea groups is 1. The molecule has 0 rings (SSSR count). The Morgan fingerprint density at radius 2 is 1.94 bits per heavy atom. The number of carboxylic acid groups (broad SMARTS) is 1. The summed E-state index contributed by atoms with van der Waals surface area (Å²) >= 11 is 0. The highest BCUT2D eigenvalue weighted by Crippen LogP contribution is 2.19. The van der Waals surface area contributed by atoms with Crippen molar-refractivity contribution in [2.24, 2.45) is 5.41 Å². The van der Waals surface area contributed by atoms with Crippen LogP contribution in [0, 0.1) is 5.41 Å². The molecule has 0 radical (unpaired) electrons. The van der Waals surface area contributed by atoms with Crippen molar-refractivity contribution in [3.05, 3.63) is 0 Å². The minimum atomic E-state index is -1.04. The average Bonchev–Trinajstić information content (AvgIpc) is 2.19. The van der Waals surface area contributed by atoms with Gasteiger partial charge in [0.25, 0.3) is 0 Å². The molecule has 0 saturated carbocycles. The van der Waals surface area contributed by atoms with E-state index in [0.29, 0.717) is 19.6 Å². The zero-order chi connectivity index (χ0) is 13.5. The first-order valence-electron chi connectivity index (χ1n) is 5.55. The van der Waals surface area contributed by atoms with Crippen LogP contribution in [0.15, 0.2) is 0 Å². The van der Waals surface area contributed by atoms with E-state index >= 15 is 0 Å². The van der Waals surface area contributed by atoms with Crippen LogP contribution in [-0.4, -0.2) is 43.4 Å². The van der Waals surface area contributed by atoms with Gasteiger partial charge < -0.3 is 20.5 Å². The average molecular weight is 246 g/mol. The van der Waals surface area contributed by atoms with Crippen molar-refractivity contribution in [2.75, 3.05) is 20.3 Å². The molecule has 0 unspecified atom stereocenters. The number of amides is 2. The first-order chi connectivity index (χ1) is 7.79. The van der Waals surface area contributed by atoms with Crippen molar-refractivity contribution < 1.29 is 19.4 Å². The first kappa shape index (κ1) is 15.7. The van der Waals surface area contributed by atoms with Gasteiger partial charge in [-0.1, -0.05) is 20.8 Å². The molecule has 6 nitrogen and oxygen atoms in total. The minimum absolute atomic E-state index is 0.455. The SMILES string of the molecule is COCCCNC(=O)N[C@H](C(=O)O)C(C)(C)C. The molecule has 0 aliphatic carbocycles. The monoisotopic (exact) mass is 246 g/mol. The molecule has 0 aliphatic heterocycles. The number of nitrogens with one attached hydrogen (secondary N) is 2. The van der Waals surface area contributed by atoms with Crippen LogP contribution in [0.1, 0.15) is 27.2 Å². The Morgan fingerprint density at radius 3 is 2.35 bits per heavy atom. The van der Waals surface area contributed by atoms with Gasteiger partial charge in [0.1, 0.15) is 6.04 Å². The Hall–Kier alpha value is -1.30. The molecule has 3 N–H and O–H groups in total. The predicted molar refractivity (Wildman–Crippen MR) is 63.9 cm³/mol. The lowest BCUT2D eigenvalue weighted by molar-refractivity contribution is -0.141. The number of ether oxygens (including phenoxy) is 1. The standard InChI is InChI=1S/C11H22N2O4/c1-11(2,3)8(9(14)15)13-10(16)12-6-5-7-17-4/h8H,5-7H2,1-4H3,(H,14,15)(H2,12,13,16)/t8-/m1/s1. The van der Waals surface area contributed by atoms with Crippen molar-refractivity contribution in [1.82, 2.24) is 10.6 Å². The van der Waals surface area contributed by atoms with Gasteiger partial charge in [-0.2, -0.15) is 0 Å². The first-order valence-corrected chi connectivity index (χ1v) is 5.55. The van der Waals surface area contributed by atoms with E-state index in [-0.39, 0.29) is 0 Å². The number of aliphatic carboxylic acids is 1. The van der Waals surface area contributed by atoms with Gasteiger partial charge >= 0.3 is 12.0 Å². The lowest BCUT2D eigenvalue weighted by Gasteiger charge is -2.27. The number of carboxylic acids is 1. The Labute approximate surface area is 102 Å². The second-order valence-electron chi connectivity index (χ2n) is 4.88. The quantitative estimate of drug-likeness (QED) is 0.605. The van der Waals surface area contributed by atoms with Crippen LogP contribution >= 0.6 is 0 Å². The fourth-order valence-corrected chi connectivity index (χ4v) is 1.25. The summed E-state index contributed by atoms with van der Waals surface area (Å²) in [5, 5.41) is 14.0. The molecule has 0 aliphatic rings. The Balaban J connectivity index is 4.11. The summed E-state index contributed by atoms with van der Waals surface area (Å²) in [5.74, 6) is -1.04. The van der Waals surface area contributed by atoms with Gasteiger partial charge in [-0.25, -0.2) is 9.59 Å². The van der Waals surface area contributed by atoms with Gasteiger partial charge in [0, 0.05) is 20.3 Å². The summed E-state index contributed by atoms with van der Waals surface area (Å²) in [5.41, 5.74) is -0.532. The van der Waals surface area contributed by atoms with Gasteiger partial charge in [-0.15, -0.1) is 0 Å². The third kappa shape index (κ3) is 6.78. The van der Waals surface area contributed by atoms with Crippen LogP contribution in [0.4, 0.5) is 4.79 Å². The zero-order valence-corrected chi connectivity index (χ0v) is 10.9. The predicted octanol–water partition coefficient (Wildman–Crippen LogP) is 0.821. The van der Waals surface area contributed by atoms with E-state index in [4.69, 9.17) is 9.84 Å². The number of methoxy groups -OCH3 is 1. The smallest absolute Gasteiger partial charge is 0.326 e. The third-order valence-corrected chi connectivity index (χ3v) is 2.20. The van der Waals surface area contributed by atoms with E-state index in [1.165, 1.54) is 0 Å². The minimum Gasteiger partial charge on any atom is -0.480 e. The van der Waals surface area contributed by atoms with Gasteiger partial charge in [0.05, 0.1) is 0 Å². The molecule has 0 fully saturated rings. The molecule has 0 saturated heterocycles. The zero-order valence-electron chi connectivity index (χ0n) is 10.9. The largest absolute Gasteiger partial charge is 0.480 e. The van der Waals surface area contributed by atoms with Gasteiger partial charge in [-0.05, 0) is 11.8 Å². The summed E-state index contributed by atoms with van der Waals surface area (Å²) in [4.78, 5) is 22.4. The number of rotatable bonds is 6. The van der Waals surface area contributed by atoms with Crippen molar-refractivity contribution in [1.29, 1.82) is 0 Å². The van der Waals surface area contributed by atoms with Gasteiger partial charge in [0.15, 0.2) is 0 Å². The second-order valence-corrected chi connectivity index (χ2v) is 4.88. The molecule has 0 heterocycles. The second kappa shape index (κ2) is 7.11. The lowest BCUT2D eigenvalue weighted by Crippen LogP contribution is -2.52. The summed E-state index contributed by atoms with van der Waals surface area (Å²) in [6, 6.07) is -1.38. The molecule has 17 heavy (non-hydrogen) atoms. The van der Waals surface area contributed by atoms with E-state index < -0.39 is 23.5 Å². The van der Waals surface area contributed by atoms with E-state index in [1.54, 1.807) is 27.9 Å². The van der Waals surface area contributed by atoms with Crippen LogP contribution < -0.4 is 10.6 Å².